The van der Waals surface area contributed by atoms with E-state index < -0.39 is 5.63 Å². The number of nitrogens with one attached hydrogen (secondary N) is 1. The van der Waals surface area contributed by atoms with E-state index in [1.54, 1.807) is 18.3 Å². The highest BCUT2D eigenvalue weighted by Gasteiger charge is 2.23. The fraction of sp³-hybridized carbons (Fsp3) is 0.474. The standard InChI is InChI=1S/C19H23NO4S/c1-12-10-16(14-5-7-23-8-6-14)24-19(22)17(12)18(21)20-13(2)11-15-4-3-9-25-15/h3-4,9-10,13-14H,5-8,11H2,1-2H3,(H,20,21)/t13-/m1/s1. The Bertz CT molecular complexity index is 775. The summed E-state index contributed by atoms with van der Waals surface area (Å²) < 4.78 is 10.8. The van der Waals surface area contributed by atoms with Crippen LogP contribution in [0, 0.1) is 6.92 Å². The number of aryl methyl sites for hydroxylation is 1. The van der Waals surface area contributed by atoms with E-state index in [1.165, 1.54) is 4.88 Å². The van der Waals surface area contributed by atoms with Crippen LogP contribution in [0.3, 0.4) is 0 Å². The zero-order valence-corrected chi connectivity index (χ0v) is 15.4. The number of carbonyl (C=O) groups is 1. The molecular weight excluding hydrogens is 338 g/mol. The Morgan fingerprint density at radius 3 is 2.80 bits per heavy atom. The molecule has 3 rings (SSSR count). The third-order valence-corrected chi connectivity index (χ3v) is 5.38. The van der Waals surface area contributed by atoms with Gasteiger partial charge in [-0.3, -0.25) is 4.79 Å². The molecule has 1 saturated heterocycles. The van der Waals surface area contributed by atoms with Crippen molar-refractivity contribution >= 4 is 17.2 Å². The first-order valence-corrected chi connectivity index (χ1v) is 9.48. The predicted octanol–water partition coefficient (Wildman–Crippen LogP) is 3.26. The van der Waals surface area contributed by atoms with Gasteiger partial charge in [0.15, 0.2) is 0 Å². The van der Waals surface area contributed by atoms with E-state index in [2.05, 4.69) is 5.32 Å². The number of rotatable bonds is 5. The van der Waals surface area contributed by atoms with Crippen molar-refractivity contribution in [3.05, 3.63) is 55.8 Å². The third-order valence-electron chi connectivity index (χ3n) is 4.48. The molecule has 0 unspecified atom stereocenters. The molecule has 1 N–H and O–H groups in total. The van der Waals surface area contributed by atoms with Crippen LogP contribution in [0.5, 0.6) is 0 Å². The quantitative estimate of drug-likeness (QED) is 0.887. The second-order valence-electron chi connectivity index (χ2n) is 6.54. The van der Waals surface area contributed by atoms with Crippen LogP contribution in [-0.2, 0) is 11.2 Å². The maximum Gasteiger partial charge on any atom is 0.349 e. The van der Waals surface area contributed by atoms with Crippen molar-refractivity contribution in [1.29, 1.82) is 0 Å². The maximum atomic E-state index is 12.5. The van der Waals surface area contributed by atoms with Crippen molar-refractivity contribution in [3.63, 3.8) is 0 Å². The second-order valence-corrected chi connectivity index (χ2v) is 7.57. The summed E-state index contributed by atoms with van der Waals surface area (Å²) in [6.45, 7) is 5.08. The molecule has 0 spiro atoms. The SMILES string of the molecule is Cc1cc(C2CCOCC2)oc(=O)c1C(=O)N[C@H](C)Cc1cccs1. The molecule has 3 heterocycles. The summed E-state index contributed by atoms with van der Waals surface area (Å²) in [7, 11) is 0. The lowest BCUT2D eigenvalue weighted by Crippen LogP contribution is -2.37. The summed E-state index contributed by atoms with van der Waals surface area (Å²) >= 11 is 1.66. The van der Waals surface area contributed by atoms with Crippen LogP contribution in [0.4, 0.5) is 0 Å². The first kappa shape index (κ1) is 17.9. The van der Waals surface area contributed by atoms with Gasteiger partial charge in [-0.2, -0.15) is 0 Å². The van der Waals surface area contributed by atoms with Gasteiger partial charge in [0.25, 0.3) is 5.91 Å². The molecule has 0 radical (unpaired) electrons. The Morgan fingerprint density at radius 1 is 1.40 bits per heavy atom. The minimum Gasteiger partial charge on any atom is -0.427 e. The average molecular weight is 361 g/mol. The predicted molar refractivity (Wildman–Crippen MR) is 97.5 cm³/mol. The molecule has 5 nitrogen and oxygen atoms in total. The first-order chi connectivity index (χ1) is 12.0. The number of carbonyl (C=O) groups excluding carboxylic acids is 1. The molecule has 1 fully saturated rings. The van der Waals surface area contributed by atoms with Crippen LogP contribution in [-0.4, -0.2) is 25.2 Å². The van der Waals surface area contributed by atoms with Crippen molar-refractivity contribution in [2.45, 2.75) is 45.1 Å². The van der Waals surface area contributed by atoms with Gasteiger partial charge in [0.2, 0.25) is 0 Å². The highest BCUT2D eigenvalue weighted by molar-refractivity contribution is 7.09. The van der Waals surface area contributed by atoms with Gasteiger partial charge in [-0.1, -0.05) is 6.07 Å². The lowest BCUT2D eigenvalue weighted by atomic mass is 9.95. The number of hydrogen-bond acceptors (Lipinski definition) is 5. The monoisotopic (exact) mass is 361 g/mol. The van der Waals surface area contributed by atoms with Crippen molar-refractivity contribution in [1.82, 2.24) is 5.32 Å². The number of ether oxygens (including phenoxy) is 1. The summed E-state index contributed by atoms with van der Waals surface area (Å²) in [6, 6.07) is 5.80. The van der Waals surface area contributed by atoms with Crippen LogP contribution in [0.15, 0.2) is 32.8 Å². The minimum absolute atomic E-state index is 0.0554. The molecule has 1 atom stereocenters. The smallest absolute Gasteiger partial charge is 0.349 e. The summed E-state index contributed by atoms with van der Waals surface area (Å²) in [4.78, 5) is 26.1. The van der Waals surface area contributed by atoms with Gasteiger partial charge < -0.3 is 14.5 Å². The molecule has 6 heteroatoms. The van der Waals surface area contributed by atoms with Gasteiger partial charge in [0, 0.05) is 36.5 Å². The number of amides is 1. The van der Waals surface area contributed by atoms with E-state index in [0.29, 0.717) is 24.5 Å². The minimum atomic E-state index is -0.553. The molecule has 0 bridgehead atoms. The maximum absolute atomic E-state index is 12.5. The van der Waals surface area contributed by atoms with Gasteiger partial charge in [-0.05, 0) is 49.8 Å². The summed E-state index contributed by atoms with van der Waals surface area (Å²) in [5, 5.41) is 4.91. The molecule has 1 amide bonds. The number of hydrogen-bond donors (Lipinski definition) is 1. The lowest BCUT2D eigenvalue weighted by Gasteiger charge is -2.21. The molecule has 1 aliphatic heterocycles. The zero-order valence-electron chi connectivity index (χ0n) is 14.5. The Hall–Kier alpha value is -1.92. The third kappa shape index (κ3) is 4.38. The highest BCUT2D eigenvalue weighted by atomic mass is 32.1. The number of thiophene rings is 1. The molecule has 0 saturated carbocycles. The van der Waals surface area contributed by atoms with E-state index in [0.717, 1.165) is 19.3 Å². The molecule has 134 valence electrons. The molecule has 0 aromatic carbocycles. The Morgan fingerprint density at radius 2 is 2.16 bits per heavy atom. The Kier molecular flexibility index (Phi) is 5.71. The topological polar surface area (TPSA) is 68.5 Å². The molecule has 0 aliphatic carbocycles. The van der Waals surface area contributed by atoms with Crippen molar-refractivity contribution < 1.29 is 13.9 Å². The fourth-order valence-electron chi connectivity index (χ4n) is 3.17. The molecule has 2 aromatic heterocycles. The van der Waals surface area contributed by atoms with Gasteiger partial charge in [-0.25, -0.2) is 4.79 Å². The molecular formula is C19H23NO4S. The van der Waals surface area contributed by atoms with E-state index in [-0.39, 0.29) is 23.4 Å². The first-order valence-electron chi connectivity index (χ1n) is 8.60. The van der Waals surface area contributed by atoms with Crippen LogP contribution < -0.4 is 10.9 Å². The van der Waals surface area contributed by atoms with Gasteiger partial charge in [0.05, 0.1) is 0 Å². The van der Waals surface area contributed by atoms with Crippen LogP contribution >= 0.6 is 11.3 Å². The van der Waals surface area contributed by atoms with Crippen LogP contribution in [0.2, 0.25) is 0 Å². The summed E-state index contributed by atoms with van der Waals surface area (Å²) in [6.07, 6.45) is 2.42. The normalized spacial score (nSPS) is 16.6. The fourth-order valence-corrected chi connectivity index (χ4v) is 4.00. The Labute approximate surface area is 151 Å². The van der Waals surface area contributed by atoms with Crippen molar-refractivity contribution in [2.24, 2.45) is 0 Å². The van der Waals surface area contributed by atoms with Gasteiger partial charge in [0.1, 0.15) is 11.3 Å². The van der Waals surface area contributed by atoms with Gasteiger partial charge in [-0.15, -0.1) is 11.3 Å². The second kappa shape index (κ2) is 7.97. The lowest BCUT2D eigenvalue weighted by molar-refractivity contribution is 0.0795. The average Bonchev–Trinajstić information content (AvgIpc) is 3.07. The van der Waals surface area contributed by atoms with E-state index in [9.17, 15) is 9.59 Å². The van der Waals surface area contributed by atoms with Crippen molar-refractivity contribution in [3.8, 4) is 0 Å². The van der Waals surface area contributed by atoms with E-state index in [4.69, 9.17) is 9.15 Å². The summed E-state index contributed by atoms with van der Waals surface area (Å²) in [5.74, 6) is 0.484. The van der Waals surface area contributed by atoms with E-state index in [1.807, 2.05) is 30.5 Å². The largest absolute Gasteiger partial charge is 0.427 e. The van der Waals surface area contributed by atoms with Crippen LogP contribution in [0.25, 0.3) is 0 Å². The molecule has 2 aromatic rings. The van der Waals surface area contributed by atoms with Crippen LogP contribution in [0.1, 0.15) is 52.2 Å². The van der Waals surface area contributed by atoms with Crippen molar-refractivity contribution in [2.75, 3.05) is 13.2 Å². The molecule has 25 heavy (non-hydrogen) atoms. The zero-order chi connectivity index (χ0) is 17.8. The Balaban J connectivity index is 1.72. The highest BCUT2D eigenvalue weighted by Crippen LogP contribution is 2.27. The van der Waals surface area contributed by atoms with Gasteiger partial charge >= 0.3 is 5.63 Å². The summed E-state index contributed by atoms with van der Waals surface area (Å²) in [5.41, 5.74) is 0.217. The molecule has 1 aliphatic rings. The van der Waals surface area contributed by atoms with E-state index >= 15 is 0 Å².